The molecule has 3 fully saturated rings. The van der Waals surface area contributed by atoms with Gasteiger partial charge in [-0.25, -0.2) is 0 Å². The van der Waals surface area contributed by atoms with Crippen LogP contribution >= 0.6 is 0 Å². The number of carbonyl (C=O) groups is 2. The van der Waals surface area contributed by atoms with Crippen LogP contribution in [0.4, 0.5) is 0 Å². The summed E-state index contributed by atoms with van der Waals surface area (Å²) in [4.78, 5) is 29.1. The first-order chi connectivity index (χ1) is 12.7. The van der Waals surface area contributed by atoms with Crippen LogP contribution in [0, 0.1) is 5.92 Å². The summed E-state index contributed by atoms with van der Waals surface area (Å²) in [6.07, 6.45) is 7.13. The van der Waals surface area contributed by atoms with Crippen LogP contribution in [-0.2, 0) is 14.3 Å². The van der Waals surface area contributed by atoms with Gasteiger partial charge < -0.3 is 20.7 Å². The second-order valence-electron chi connectivity index (χ2n) is 7.85. The highest BCUT2D eigenvalue weighted by molar-refractivity contribution is 5.81. The molecule has 2 aliphatic heterocycles. The van der Waals surface area contributed by atoms with Gasteiger partial charge in [0.05, 0.1) is 6.10 Å². The Hall–Kier alpha value is -1.18. The van der Waals surface area contributed by atoms with Crippen molar-refractivity contribution in [3.63, 3.8) is 0 Å². The van der Waals surface area contributed by atoms with Crippen molar-refractivity contribution < 1.29 is 14.3 Å². The summed E-state index contributed by atoms with van der Waals surface area (Å²) in [6.45, 7) is 5.34. The van der Waals surface area contributed by atoms with Gasteiger partial charge in [-0.2, -0.15) is 0 Å². The van der Waals surface area contributed by atoms with E-state index in [9.17, 15) is 9.59 Å². The highest BCUT2D eigenvalue weighted by atomic mass is 16.5. The van der Waals surface area contributed by atoms with Crippen molar-refractivity contribution in [3.8, 4) is 0 Å². The van der Waals surface area contributed by atoms with E-state index in [1.165, 1.54) is 19.3 Å². The van der Waals surface area contributed by atoms with Crippen molar-refractivity contribution in [1.29, 1.82) is 0 Å². The number of piperazine rings is 1. The van der Waals surface area contributed by atoms with E-state index < -0.39 is 0 Å². The Morgan fingerprint density at radius 1 is 1.00 bits per heavy atom. The molecule has 26 heavy (non-hydrogen) atoms. The van der Waals surface area contributed by atoms with Gasteiger partial charge in [-0.1, -0.05) is 19.3 Å². The lowest BCUT2D eigenvalue weighted by atomic mass is 9.88. The van der Waals surface area contributed by atoms with Crippen molar-refractivity contribution in [1.82, 2.24) is 15.1 Å². The molecule has 3 N–H and O–H groups in total. The predicted octanol–water partition coefficient (Wildman–Crippen LogP) is 0.333. The summed E-state index contributed by atoms with van der Waals surface area (Å²) in [5.74, 6) is 0.607. The highest BCUT2D eigenvalue weighted by Gasteiger charge is 2.30. The highest BCUT2D eigenvalue weighted by Crippen LogP contribution is 2.25. The summed E-state index contributed by atoms with van der Waals surface area (Å²) in [5, 5.41) is 2.98. The van der Waals surface area contributed by atoms with E-state index in [0.717, 1.165) is 58.4 Å². The molecule has 0 bridgehead atoms. The summed E-state index contributed by atoms with van der Waals surface area (Å²) >= 11 is 0. The fourth-order valence-corrected chi connectivity index (χ4v) is 4.32. The zero-order valence-electron chi connectivity index (χ0n) is 15.8. The molecular weight excluding hydrogens is 332 g/mol. The van der Waals surface area contributed by atoms with E-state index in [2.05, 4.69) is 10.2 Å². The Labute approximate surface area is 156 Å². The first kappa shape index (κ1) is 19.6. The molecule has 1 saturated carbocycles. The summed E-state index contributed by atoms with van der Waals surface area (Å²) in [7, 11) is 0. The zero-order valence-corrected chi connectivity index (χ0v) is 15.8. The van der Waals surface area contributed by atoms with Crippen LogP contribution in [0.25, 0.3) is 0 Å². The van der Waals surface area contributed by atoms with E-state index in [1.54, 1.807) is 0 Å². The molecule has 0 radical (unpaired) electrons. The van der Waals surface area contributed by atoms with Crippen molar-refractivity contribution in [2.24, 2.45) is 11.7 Å². The molecule has 3 rings (SSSR count). The number of ether oxygens (including phenoxy) is 1. The zero-order chi connectivity index (χ0) is 18.4. The van der Waals surface area contributed by atoms with Crippen LogP contribution in [0.5, 0.6) is 0 Å². The Balaban J connectivity index is 1.30. The molecule has 148 valence electrons. The van der Waals surface area contributed by atoms with Crippen LogP contribution in [-0.4, -0.2) is 79.6 Å². The lowest BCUT2D eigenvalue weighted by Crippen LogP contribution is -2.52. The molecule has 2 heterocycles. The van der Waals surface area contributed by atoms with E-state index in [0.29, 0.717) is 19.0 Å². The topological polar surface area (TPSA) is 87.9 Å². The number of nitrogens with zero attached hydrogens (tertiary/aromatic N) is 2. The van der Waals surface area contributed by atoms with Crippen LogP contribution in [0.2, 0.25) is 0 Å². The van der Waals surface area contributed by atoms with Gasteiger partial charge in [0.15, 0.2) is 0 Å². The molecule has 0 aromatic carbocycles. The Kier molecular flexibility index (Phi) is 7.28. The minimum Gasteiger partial charge on any atom is -0.364 e. The van der Waals surface area contributed by atoms with Crippen LogP contribution in [0.3, 0.4) is 0 Å². The van der Waals surface area contributed by atoms with Crippen molar-refractivity contribution in [2.45, 2.75) is 57.2 Å². The summed E-state index contributed by atoms with van der Waals surface area (Å²) in [6, 6.07) is 0. The fourth-order valence-electron chi connectivity index (χ4n) is 4.32. The third-order valence-corrected chi connectivity index (χ3v) is 6.03. The molecule has 1 aliphatic carbocycles. The van der Waals surface area contributed by atoms with Gasteiger partial charge in [-0.3, -0.25) is 14.5 Å². The van der Waals surface area contributed by atoms with E-state index in [1.807, 2.05) is 4.90 Å². The SMILES string of the molecule is NC[C@H]1CC[C@@H](C(=O)NCCN2CCN(C(=O)C3CCCCC3)CC2)O1. The molecule has 7 heteroatoms. The standard InChI is InChI=1S/C19H34N4O3/c20-14-16-6-7-17(26-16)18(24)21-8-9-22-10-12-23(13-11-22)19(25)15-4-2-1-3-5-15/h15-17H,1-14,20H2,(H,21,24)/t16-,17+/m1/s1. The number of rotatable bonds is 6. The molecule has 0 unspecified atom stereocenters. The molecule has 7 nitrogen and oxygen atoms in total. The minimum absolute atomic E-state index is 0.0212. The maximum atomic E-state index is 12.6. The molecular formula is C19H34N4O3. The average molecular weight is 367 g/mol. The lowest BCUT2D eigenvalue weighted by molar-refractivity contribution is -0.138. The van der Waals surface area contributed by atoms with E-state index in [-0.39, 0.29) is 24.0 Å². The largest absolute Gasteiger partial charge is 0.364 e. The molecule has 3 aliphatic rings. The van der Waals surface area contributed by atoms with Crippen molar-refractivity contribution in [2.75, 3.05) is 45.8 Å². The summed E-state index contributed by atoms with van der Waals surface area (Å²) in [5.41, 5.74) is 5.58. The molecule has 2 atom stereocenters. The quantitative estimate of drug-likeness (QED) is 0.707. The minimum atomic E-state index is -0.339. The van der Waals surface area contributed by atoms with E-state index in [4.69, 9.17) is 10.5 Å². The first-order valence-corrected chi connectivity index (χ1v) is 10.3. The van der Waals surface area contributed by atoms with Crippen LogP contribution in [0.15, 0.2) is 0 Å². The lowest BCUT2D eigenvalue weighted by Gasteiger charge is -2.37. The number of amides is 2. The van der Waals surface area contributed by atoms with Gasteiger partial charge in [-0.15, -0.1) is 0 Å². The van der Waals surface area contributed by atoms with Gasteiger partial charge in [0, 0.05) is 51.7 Å². The molecule has 2 saturated heterocycles. The molecule has 0 aromatic rings. The molecule has 0 spiro atoms. The second kappa shape index (κ2) is 9.67. The van der Waals surface area contributed by atoms with E-state index >= 15 is 0 Å². The van der Waals surface area contributed by atoms with Gasteiger partial charge in [-0.05, 0) is 25.7 Å². The predicted molar refractivity (Wildman–Crippen MR) is 99.6 cm³/mol. The van der Waals surface area contributed by atoms with Crippen molar-refractivity contribution in [3.05, 3.63) is 0 Å². The monoisotopic (exact) mass is 366 g/mol. The maximum Gasteiger partial charge on any atom is 0.249 e. The van der Waals surface area contributed by atoms with Gasteiger partial charge in [0.25, 0.3) is 0 Å². The third-order valence-electron chi connectivity index (χ3n) is 6.03. The van der Waals surface area contributed by atoms with Gasteiger partial charge >= 0.3 is 0 Å². The number of nitrogens with two attached hydrogens (primary N) is 1. The normalized spacial score (nSPS) is 28.3. The number of hydrogen-bond donors (Lipinski definition) is 2. The fraction of sp³-hybridized carbons (Fsp3) is 0.895. The number of nitrogens with one attached hydrogen (secondary N) is 1. The number of carbonyl (C=O) groups excluding carboxylic acids is 2. The van der Waals surface area contributed by atoms with Crippen LogP contribution in [0.1, 0.15) is 44.9 Å². The first-order valence-electron chi connectivity index (χ1n) is 10.3. The smallest absolute Gasteiger partial charge is 0.249 e. The van der Waals surface area contributed by atoms with Crippen LogP contribution < -0.4 is 11.1 Å². The molecule has 2 amide bonds. The Morgan fingerprint density at radius 3 is 2.38 bits per heavy atom. The average Bonchev–Trinajstić information content (AvgIpc) is 3.18. The van der Waals surface area contributed by atoms with Gasteiger partial charge in [0.2, 0.25) is 11.8 Å². The molecule has 0 aromatic heterocycles. The second-order valence-corrected chi connectivity index (χ2v) is 7.85. The Morgan fingerprint density at radius 2 is 1.73 bits per heavy atom. The Bertz CT molecular complexity index is 473. The number of hydrogen-bond acceptors (Lipinski definition) is 5. The van der Waals surface area contributed by atoms with Crippen molar-refractivity contribution >= 4 is 11.8 Å². The maximum absolute atomic E-state index is 12.6. The van der Waals surface area contributed by atoms with Gasteiger partial charge in [0.1, 0.15) is 6.10 Å². The third kappa shape index (κ3) is 5.18. The summed E-state index contributed by atoms with van der Waals surface area (Å²) < 4.78 is 5.62.